The Bertz CT molecular complexity index is 150. The minimum Gasteiger partial charge on any atom is -0.269 e. The number of allylic oxidation sites excluding steroid dienone is 1. The van der Waals surface area contributed by atoms with Gasteiger partial charge in [0.1, 0.15) is 0 Å². The van der Waals surface area contributed by atoms with Gasteiger partial charge < -0.3 is 0 Å². The van der Waals surface area contributed by atoms with Crippen LogP contribution in [0.4, 0.5) is 0 Å². The van der Waals surface area contributed by atoms with Crippen molar-refractivity contribution in [2.75, 3.05) is 5.33 Å². The van der Waals surface area contributed by atoms with Gasteiger partial charge in [-0.2, -0.15) is 0 Å². The van der Waals surface area contributed by atoms with Crippen LogP contribution in [0.25, 0.3) is 0 Å². The second-order valence-corrected chi connectivity index (χ2v) is 3.68. The minimum absolute atomic E-state index is 0.998. The summed E-state index contributed by atoms with van der Waals surface area (Å²) in [7, 11) is 0. The first-order valence-electron chi connectivity index (χ1n) is 4.54. The van der Waals surface area contributed by atoms with Crippen LogP contribution < -0.4 is 0 Å². The molecule has 0 unspecified atom stereocenters. The molecule has 0 aliphatic rings. The van der Waals surface area contributed by atoms with Crippen LogP contribution in [0.15, 0.2) is 16.8 Å². The van der Waals surface area contributed by atoms with Crippen molar-refractivity contribution in [3.05, 3.63) is 11.8 Å². The highest BCUT2D eigenvalue weighted by atomic mass is 79.9. The molecule has 0 N–H and O–H groups in total. The van der Waals surface area contributed by atoms with Crippen LogP contribution >= 0.6 is 15.9 Å². The van der Waals surface area contributed by atoms with Gasteiger partial charge in [0, 0.05) is 17.7 Å². The summed E-state index contributed by atoms with van der Waals surface area (Å²) < 4.78 is 0. The maximum atomic E-state index is 4.20. The van der Waals surface area contributed by atoms with E-state index in [0.29, 0.717) is 0 Å². The molecule has 12 heavy (non-hydrogen) atoms. The van der Waals surface area contributed by atoms with Crippen molar-refractivity contribution in [3.63, 3.8) is 0 Å². The number of hydrogen-bond donors (Lipinski definition) is 0. The first-order chi connectivity index (χ1) is 5.81. The standard InChI is InChI=1S/C10H18BrN/c1-3-4-6-10(2)9-12-8-5-7-11/h8-9H,3-7H2,1-2H3. The SMILES string of the molecule is CCCCC(C)=CN=CCCBr. The lowest BCUT2D eigenvalue weighted by atomic mass is 10.1. The first kappa shape index (κ1) is 11.9. The highest BCUT2D eigenvalue weighted by Gasteiger charge is 1.86. The van der Waals surface area contributed by atoms with Gasteiger partial charge in [-0.05, 0) is 26.2 Å². The topological polar surface area (TPSA) is 12.4 Å². The minimum atomic E-state index is 0.998. The molecule has 0 aliphatic carbocycles. The van der Waals surface area contributed by atoms with Crippen LogP contribution in [0.3, 0.4) is 0 Å². The quantitative estimate of drug-likeness (QED) is 0.486. The van der Waals surface area contributed by atoms with Crippen LogP contribution in [0.1, 0.15) is 39.5 Å². The molecule has 2 heteroatoms. The van der Waals surface area contributed by atoms with Crippen molar-refractivity contribution in [2.24, 2.45) is 4.99 Å². The molecule has 0 rings (SSSR count). The van der Waals surface area contributed by atoms with Crippen molar-refractivity contribution in [1.82, 2.24) is 0 Å². The van der Waals surface area contributed by atoms with Gasteiger partial charge in [0.2, 0.25) is 0 Å². The van der Waals surface area contributed by atoms with E-state index < -0.39 is 0 Å². The Morgan fingerprint density at radius 2 is 2.25 bits per heavy atom. The van der Waals surface area contributed by atoms with Gasteiger partial charge in [-0.15, -0.1) is 0 Å². The zero-order chi connectivity index (χ0) is 9.23. The van der Waals surface area contributed by atoms with Crippen molar-refractivity contribution in [1.29, 1.82) is 0 Å². The Balaban J connectivity index is 3.53. The lowest BCUT2D eigenvalue weighted by Gasteiger charge is -1.95. The average molecular weight is 232 g/mol. The molecule has 0 heterocycles. The zero-order valence-electron chi connectivity index (χ0n) is 8.02. The normalized spacial score (nSPS) is 12.8. The molecule has 0 aromatic carbocycles. The molecule has 0 saturated carbocycles. The highest BCUT2D eigenvalue weighted by Crippen LogP contribution is 2.05. The van der Waals surface area contributed by atoms with Crippen LogP contribution in [-0.4, -0.2) is 11.5 Å². The van der Waals surface area contributed by atoms with E-state index in [4.69, 9.17) is 0 Å². The van der Waals surface area contributed by atoms with Gasteiger partial charge in [-0.1, -0.05) is 34.8 Å². The summed E-state index contributed by atoms with van der Waals surface area (Å²) in [6, 6.07) is 0. The van der Waals surface area contributed by atoms with Gasteiger partial charge in [-0.3, -0.25) is 4.99 Å². The molecule has 0 aliphatic heterocycles. The van der Waals surface area contributed by atoms with Gasteiger partial charge >= 0.3 is 0 Å². The third-order valence-electron chi connectivity index (χ3n) is 1.56. The van der Waals surface area contributed by atoms with Crippen molar-refractivity contribution in [2.45, 2.75) is 39.5 Å². The molecule has 70 valence electrons. The monoisotopic (exact) mass is 231 g/mol. The van der Waals surface area contributed by atoms with Crippen molar-refractivity contribution < 1.29 is 0 Å². The summed E-state index contributed by atoms with van der Waals surface area (Å²) in [5.74, 6) is 0. The Labute approximate surface area is 84.1 Å². The van der Waals surface area contributed by atoms with E-state index in [2.05, 4.69) is 34.8 Å². The first-order valence-corrected chi connectivity index (χ1v) is 5.66. The summed E-state index contributed by atoms with van der Waals surface area (Å²) in [6.45, 7) is 4.35. The van der Waals surface area contributed by atoms with E-state index >= 15 is 0 Å². The van der Waals surface area contributed by atoms with E-state index in [9.17, 15) is 0 Å². The van der Waals surface area contributed by atoms with Gasteiger partial charge in [0.05, 0.1) is 0 Å². The Hall–Kier alpha value is -0.110. The van der Waals surface area contributed by atoms with E-state index in [1.165, 1.54) is 24.8 Å². The largest absolute Gasteiger partial charge is 0.269 e. The van der Waals surface area contributed by atoms with E-state index in [1.807, 2.05) is 12.4 Å². The average Bonchev–Trinajstić information content (AvgIpc) is 2.09. The maximum absolute atomic E-state index is 4.20. The summed E-state index contributed by atoms with van der Waals surface area (Å²) >= 11 is 3.35. The summed E-state index contributed by atoms with van der Waals surface area (Å²) in [4.78, 5) is 4.20. The second kappa shape index (κ2) is 8.98. The van der Waals surface area contributed by atoms with Crippen LogP contribution in [0.2, 0.25) is 0 Å². The number of halogens is 1. The number of alkyl halides is 1. The molecular weight excluding hydrogens is 214 g/mol. The number of rotatable bonds is 6. The predicted octanol–water partition coefficient (Wildman–Crippen LogP) is 3.94. The molecule has 0 saturated heterocycles. The molecule has 1 nitrogen and oxygen atoms in total. The van der Waals surface area contributed by atoms with E-state index in [0.717, 1.165) is 11.8 Å². The molecule has 0 amide bonds. The Morgan fingerprint density at radius 3 is 2.83 bits per heavy atom. The van der Waals surface area contributed by atoms with Gasteiger partial charge in [0.15, 0.2) is 0 Å². The summed E-state index contributed by atoms with van der Waals surface area (Å²) in [6.07, 6.45) is 8.65. The second-order valence-electron chi connectivity index (χ2n) is 2.89. The van der Waals surface area contributed by atoms with Gasteiger partial charge in [-0.25, -0.2) is 0 Å². The molecule has 0 radical (unpaired) electrons. The number of nitrogens with zero attached hydrogens (tertiary/aromatic N) is 1. The molecule has 0 atom stereocenters. The highest BCUT2D eigenvalue weighted by molar-refractivity contribution is 9.09. The third kappa shape index (κ3) is 7.99. The lowest BCUT2D eigenvalue weighted by molar-refractivity contribution is 0.786. The number of unbranched alkanes of at least 4 members (excludes halogenated alkanes) is 1. The molecule has 0 bridgehead atoms. The molecule has 0 spiro atoms. The molecule has 0 fully saturated rings. The van der Waals surface area contributed by atoms with Gasteiger partial charge in [0.25, 0.3) is 0 Å². The zero-order valence-corrected chi connectivity index (χ0v) is 9.60. The van der Waals surface area contributed by atoms with Crippen LogP contribution in [-0.2, 0) is 0 Å². The van der Waals surface area contributed by atoms with Crippen molar-refractivity contribution in [3.8, 4) is 0 Å². The Morgan fingerprint density at radius 1 is 1.50 bits per heavy atom. The number of aliphatic imine (C=N–C) groups is 1. The molecule has 0 aromatic heterocycles. The van der Waals surface area contributed by atoms with E-state index in [-0.39, 0.29) is 0 Å². The summed E-state index contributed by atoms with van der Waals surface area (Å²) in [5, 5.41) is 0.998. The van der Waals surface area contributed by atoms with E-state index in [1.54, 1.807) is 0 Å². The summed E-state index contributed by atoms with van der Waals surface area (Å²) in [5.41, 5.74) is 1.38. The van der Waals surface area contributed by atoms with Crippen LogP contribution in [0, 0.1) is 0 Å². The van der Waals surface area contributed by atoms with Crippen molar-refractivity contribution >= 4 is 22.1 Å². The van der Waals surface area contributed by atoms with Crippen LogP contribution in [0.5, 0.6) is 0 Å². The molecule has 0 aromatic rings. The fraction of sp³-hybridized carbons (Fsp3) is 0.700. The fourth-order valence-corrected chi connectivity index (χ4v) is 1.03. The lowest BCUT2D eigenvalue weighted by Crippen LogP contribution is -1.78. The smallest absolute Gasteiger partial charge is 0.0253 e. The Kier molecular flexibility index (Phi) is 8.90. The fourth-order valence-electron chi connectivity index (χ4n) is 0.823. The predicted molar refractivity (Wildman–Crippen MR) is 60.2 cm³/mol. The maximum Gasteiger partial charge on any atom is 0.0253 e. The number of hydrogen-bond acceptors (Lipinski definition) is 1. The third-order valence-corrected chi connectivity index (χ3v) is 2.02. The molecular formula is C10H18BrN.